The van der Waals surface area contributed by atoms with Gasteiger partial charge in [0.25, 0.3) is 11.6 Å². The predicted octanol–water partition coefficient (Wildman–Crippen LogP) is 3.64. The second-order valence-corrected chi connectivity index (χ2v) is 7.47. The number of rotatable bonds is 7. The van der Waals surface area contributed by atoms with E-state index in [1.807, 2.05) is 30.3 Å². The molecule has 0 aliphatic carbocycles. The zero-order chi connectivity index (χ0) is 22.0. The molecule has 0 saturated carbocycles. The topological polar surface area (TPSA) is 101 Å². The Hall–Kier alpha value is -3.84. The number of hydrogen-bond acceptors (Lipinski definition) is 5. The van der Waals surface area contributed by atoms with E-state index in [9.17, 15) is 24.8 Å². The van der Waals surface area contributed by atoms with E-state index in [1.165, 1.54) is 29.2 Å². The van der Waals surface area contributed by atoms with Gasteiger partial charge in [0.2, 0.25) is 0 Å². The normalized spacial score (nSPS) is 17.5. The third kappa shape index (κ3) is 3.83. The Balaban J connectivity index is 1.58. The number of fused-ring (bicyclic) bond motifs is 1. The van der Waals surface area contributed by atoms with Gasteiger partial charge in [0.1, 0.15) is 0 Å². The van der Waals surface area contributed by atoms with Crippen LogP contribution in [0.5, 0.6) is 0 Å². The van der Waals surface area contributed by atoms with Crippen molar-refractivity contribution >= 4 is 23.1 Å². The van der Waals surface area contributed by atoms with Crippen molar-refractivity contribution in [3.05, 3.63) is 106 Å². The van der Waals surface area contributed by atoms with Crippen molar-refractivity contribution in [2.75, 3.05) is 11.4 Å². The number of nitrogens with zero attached hydrogens (tertiary/aromatic N) is 2. The fourth-order valence-electron chi connectivity index (χ4n) is 3.89. The molecular formula is C24H20N2O5. The number of non-ortho nitro benzene ring substituents is 1. The zero-order valence-electron chi connectivity index (χ0n) is 16.6. The van der Waals surface area contributed by atoms with E-state index in [1.54, 1.807) is 24.3 Å². The van der Waals surface area contributed by atoms with Gasteiger partial charge in [-0.25, -0.2) is 0 Å². The van der Waals surface area contributed by atoms with Gasteiger partial charge < -0.3 is 10.0 Å². The number of nitro groups is 1. The molecule has 0 spiro atoms. The van der Waals surface area contributed by atoms with Crippen molar-refractivity contribution in [3.8, 4) is 0 Å². The van der Waals surface area contributed by atoms with Crippen LogP contribution in [0.25, 0.3) is 0 Å². The number of amides is 1. The minimum atomic E-state index is -1.98. The van der Waals surface area contributed by atoms with E-state index in [-0.39, 0.29) is 11.3 Å². The molecule has 156 valence electrons. The first-order chi connectivity index (χ1) is 14.9. The van der Waals surface area contributed by atoms with Gasteiger partial charge in [-0.15, -0.1) is 0 Å². The maximum absolute atomic E-state index is 13.3. The number of para-hydroxylation sites is 1. The summed E-state index contributed by atoms with van der Waals surface area (Å²) in [6.07, 6.45) is 0.162. The SMILES string of the molecule is O=C(C[C@@]1(O)C(=O)N(CCc2ccccc2)c2ccccc21)c1ccc([N+](=O)[O-])cc1. The molecule has 0 bridgehead atoms. The molecule has 1 amide bonds. The largest absolute Gasteiger partial charge is 0.375 e. The Kier molecular flexibility index (Phi) is 5.35. The van der Waals surface area contributed by atoms with Crippen LogP contribution in [0.15, 0.2) is 78.9 Å². The van der Waals surface area contributed by atoms with Crippen molar-refractivity contribution in [2.24, 2.45) is 0 Å². The van der Waals surface area contributed by atoms with E-state index < -0.39 is 28.6 Å². The molecule has 1 N–H and O–H groups in total. The van der Waals surface area contributed by atoms with Crippen LogP contribution in [0.2, 0.25) is 0 Å². The summed E-state index contributed by atoms with van der Waals surface area (Å²) in [6.45, 7) is 0.369. The Morgan fingerprint density at radius 3 is 2.29 bits per heavy atom. The van der Waals surface area contributed by atoms with E-state index >= 15 is 0 Å². The van der Waals surface area contributed by atoms with Crippen LogP contribution in [0.3, 0.4) is 0 Å². The van der Waals surface area contributed by atoms with Gasteiger partial charge >= 0.3 is 0 Å². The van der Waals surface area contributed by atoms with E-state index in [0.717, 1.165) is 5.56 Å². The summed E-state index contributed by atoms with van der Waals surface area (Å²) in [5.74, 6) is -1.01. The highest BCUT2D eigenvalue weighted by Gasteiger charge is 2.50. The Morgan fingerprint density at radius 1 is 0.968 bits per heavy atom. The highest BCUT2D eigenvalue weighted by atomic mass is 16.6. The fourth-order valence-corrected chi connectivity index (χ4v) is 3.89. The van der Waals surface area contributed by atoms with Gasteiger partial charge in [-0.3, -0.25) is 19.7 Å². The molecule has 0 unspecified atom stereocenters. The molecule has 0 aromatic heterocycles. The highest BCUT2D eigenvalue weighted by molar-refractivity contribution is 6.10. The molecule has 1 aliphatic heterocycles. The average molecular weight is 416 g/mol. The minimum absolute atomic E-state index is 0.135. The lowest BCUT2D eigenvalue weighted by Gasteiger charge is -2.23. The molecule has 1 atom stereocenters. The number of aliphatic hydroxyl groups is 1. The minimum Gasteiger partial charge on any atom is -0.375 e. The molecule has 0 radical (unpaired) electrons. The second kappa shape index (κ2) is 8.12. The van der Waals surface area contributed by atoms with Crippen LogP contribution in [0.4, 0.5) is 11.4 Å². The van der Waals surface area contributed by atoms with E-state index in [2.05, 4.69) is 0 Å². The third-order valence-electron chi connectivity index (χ3n) is 5.52. The van der Waals surface area contributed by atoms with E-state index in [0.29, 0.717) is 24.2 Å². The number of carbonyl (C=O) groups excluding carboxylic acids is 2. The van der Waals surface area contributed by atoms with Crippen LogP contribution in [0, 0.1) is 10.1 Å². The quantitative estimate of drug-likeness (QED) is 0.360. The first-order valence-corrected chi connectivity index (χ1v) is 9.85. The van der Waals surface area contributed by atoms with Gasteiger partial charge in [-0.05, 0) is 30.2 Å². The third-order valence-corrected chi connectivity index (χ3v) is 5.52. The van der Waals surface area contributed by atoms with Crippen LogP contribution in [-0.2, 0) is 16.8 Å². The molecule has 4 rings (SSSR count). The van der Waals surface area contributed by atoms with Crippen molar-refractivity contribution in [1.29, 1.82) is 0 Å². The Morgan fingerprint density at radius 2 is 1.61 bits per heavy atom. The zero-order valence-corrected chi connectivity index (χ0v) is 16.6. The lowest BCUT2D eigenvalue weighted by Crippen LogP contribution is -2.42. The number of Topliss-reactive ketones (excluding diaryl/α,β-unsaturated/α-hetero) is 1. The maximum Gasteiger partial charge on any atom is 0.269 e. The number of anilines is 1. The summed E-state index contributed by atoms with van der Waals surface area (Å²) >= 11 is 0. The fraction of sp³-hybridized carbons (Fsp3) is 0.167. The predicted molar refractivity (Wildman–Crippen MR) is 115 cm³/mol. The van der Waals surface area contributed by atoms with Crippen LogP contribution in [0.1, 0.15) is 27.9 Å². The Labute approximate surface area is 178 Å². The van der Waals surface area contributed by atoms with Gasteiger partial charge in [0.15, 0.2) is 11.4 Å². The number of hydrogen-bond donors (Lipinski definition) is 1. The number of nitro benzene ring substituents is 1. The van der Waals surface area contributed by atoms with Crippen LogP contribution in [-0.4, -0.2) is 28.3 Å². The molecule has 3 aromatic carbocycles. The molecule has 3 aromatic rings. The molecule has 7 heteroatoms. The lowest BCUT2D eigenvalue weighted by atomic mass is 9.88. The molecular weight excluding hydrogens is 396 g/mol. The van der Waals surface area contributed by atoms with Crippen LogP contribution < -0.4 is 4.90 Å². The summed E-state index contributed by atoms with van der Waals surface area (Å²) in [4.78, 5) is 37.9. The summed E-state index contributed by atoms with van der Waals surface area (Å²) in [6, 6.07) is 21.7. The number of ketones is 1. The molecule has 0 saturated heterocycles. The van der Waals surface area contributed by atoms with Crippen molar-refractivity contribution in [1.82, 2.24) is 0 Å². The van der Waals surface area contributed by atoms with Crippen molar-refractivity contribution in [2.45, 2.75) is 18.4 Å². The average Bonchev–Trinajstić information content (AvgIpc) is 3.00. The van der Waals surface area contributed by atoms with Crippen molar-refractivity contribution in [3.63, 3.8) is 0 Å². The summed E-state index contributed by atoms with van der Waals surface area (Å²) in [7, 11) is 0. The second-order valence-electron chi connectivity index (χ2n) is 7.47. The number of benzene rings is 3. The smallest absolute Gasteiger partial charge is 0.269 e. The maximum atomic E-state index is 13.3. The van der Waals surface area contributed by atoms with Crippen molar-refractivity contribution < 1.29 is 19.6 Å². The first-order valence-electron chi connectivity index (χ1n) is 9.85. The molecule has 1 heterocycles. The van der Waals surface area contributed by atoms with Gasteiger partial charge in [-0.1, -0.05) is 48.5 Å². The summed E-state index contributed by atoms with van der Waals surface area (Å²) in [5, 5.41) is 22.2. The molecule has 31 heavy (non-hydrogen) atoms. The van der Waals surface area contributed by atoms with Gasteiger partial charge in [-0.2, -0.15) is 0 Å². The molecule has 7 nitrogen and oxygen atoms in total. The highest BCUT2D eigenvalue weighted by Crippen LogP contribution is 2.42. The first kappa shape index (κ1) is 20.4. The van der Waals surface area contributed by atoms with E-state index in [4.69, 9.17) is 0 Å². The van der Waals surface area contributed by atoms with Crippen LogP contribution >= 0.6 is 0 Å². The van der Waals surface area contributed by atoms with Gasteiger partial charge in [0.05, 0.1) is 17.0 Å². The van der Waals surface area contributed by atoms with Gasteiger partial charge in [0, 0.05) is 29.8 Å². The number of carbonyl (C=O) groups is 2. The standard InChI is InChI=1S/C24H20N2O5/c27-22(18-10-12-19(13-11-18)26(30)31)16-24(29)20-8-4-5-9-21(20)25(23(24)28)15-14-17-6-2-1-3-7-17/h1-13,29H,14-16H2/t24-/m0/s1. The monoisotopic (exact) mass is 416 g/mol. The summed E-state index contributed by atoms with van der Waals surface area (Å²) < 4.78 is 0. The molecule has 0 fully saturated rings. The summed E-state index contributed by atoms with van der Waals surface area (Å²) in [5.41, 5.74) is 0.124. The lowest BCUT2D eigenvalue weighted by molar-refractivity contribution is -0.384. The Bertz CT molecular complexity index is 1140. The molecule has 1 aliphatic rings.